The van der Waals surface area contributed by atoms with Gasteiger partial charge in [0.25, 0.3) is 0 Å². The lowest BCUT2D eigenvalue weighted by Crippen LogP contribution is -2.07. The molecule has 0 aliphatic heterocycles. The molecule has 0 aliphatic carbocycles. The number of hydrogen-bond donors (Lipinski definition) is 0. The first-order valence-corrected chi connectivity index (χ1v) is 4.86. The molecule has 4 nitrogen and oxygen atoms in total. The number of hydrogen-bond acceptors (Lipinski definition) is 3. The summed E-state index contributed by atoms with van der Waals surface area (Å²) >= 11 is 0. The predicted octanol–water partition coefficient (Wildman–Crippen LogP) is 1.44. The maximum absolute atomic E-state index is 11.3. The Morgan fingerprint density at radius 3 is 3.20 bits per heavy atom. The number of ether oxygens (including phenoxy) is 1. The van der Waals surface area contributed by atoms with Crippen molar-refractivity contribution in [2.75, 3.05) is 6.61 Å². The largest absolute Gasteiger partial charge is 0.466 e. The van der Waals surface area contributed by atoms with Gasteiger partial charge < -0.3 is 9.14 Å². The monoisotopic (exact) mass is 204 g/mol. The number of rotatable bonds is 3. The first-order valence-electron chi connectivity index (χ1n) is 4.86. The van der Waals surface area contributed by atoms with Gasteiger partial charge in [-0.1, -0.05) is 0 Å². The van der Waals surface area contributed by atoms with E-state index in [2.05, 4.69) is 4.98 Å². The third-order valence-electron chi connectivity index (χ3n) is 2.19. The van der Waals surface area contributed by atoms with Gasteiger partial charge in [0.1, 0.15) is 0 Å². The number of esters is 1. The molecule has 0 saturated heterocycles. The normalized spacial score (nSPS) is 10.5. The highest BCUT2D eigenvalue weighted by Gasteiger charge is 2.07. The van der Waals surface area contributed by atoms with Crippen LogP contribution < -0.4 is 0 Å². The van der Waals surface area contributed by atoms with Crippen LogP contribution in [-0.2, 0) is 16.0 Å². The minimum Gasteiger partial charge on any atom is -0.466 e. The first-order chi connectivity index (χ1) is 7.31. The van der Waals surface area contributed by atoms with E-state index in [4.69, 9.17) is 4.74 Å². The van der Waals surface area contributed by atoms with Crippen LogP contribution in [0.5, 0.6) is 0 Å². The quantitative estimate of drug-likeness (QED) is 0.710. The molecule has 15 heavy (non-hydrogen) atoms. The van der Waals surface area contributed by atoms with Gasteiger partial charge in [-0.15, -0.1) is 0 Å². The van der Waals surface area contributed by atoms with Gasteiger partial charge >= 0.3 is 5.97 Å². The van der Waals surface area contributed by atoms with Gasteiger partial charge in [0.2, 0.25) is 0 Å². The van der Waals surface area contributed by atoms with Gasteiger partial charge in [-0.05, 0) is 24.6 Å². The van der Waals surface area contributed by atoms with Crippen LogP contribution in [0.1, 0.15) is 12.5 Å². The van der Waals surface area contributed by atoms with Gasteiger partial charge in [0.15, 0.2) is 0 Å². The molecule has 0 amide bonds. The van der Waals surface area contributed by atoms with E-state index in [9.17, 15) is 4.79 Å². The summed E-state index contributed by atoms with van der Waals surface area (Å²) in [6.07, 6.45) is 5.62. The van der Waals surface area contributed by atoms with Crippen molar-refractivity contribution < 1.29 is 9.53 Å². The lowest BCUT2D eigenvalue weighted by molar-refractivity contribution is -0.142. The summed E-state index contributed by atoms with van der Waals surface area (Å²) < 4.78 is 6.78. The van der Waals surface area contributed by atoms with Crippen molar-refractivity contribution >= 4 is 11.5 Å². The molecule has 78 valence electrons. The third-order valence-corrected chi connectivity index (χ3v) is 2.19. The van der Waals surface area contributed by atoms with Crippen LogP contribution >= 0.6 is 0 Å². The summed E-state index contributed by atoms with van der Waals surface area (Å²) in [5.74, 6) is -0.192. The second-order valence-electron chi connectivity index (χ2n) is 3.20. The maximum Gasteiger partial charge on any atom is 0.310 e. The zero-order valence-electron chi connectivity index (χ0n) is 8.51. The predicted molar refractivity (Wildman–Crippen MR) is 55.5 cm³/mol. The molecule has 2 aromatic rings. The molecule has 0 spiro atoms. The lowest BCUT2D eigenvalue weighted by atomic mass is 10.2. The van der Waals surface area contributed by atoms with Crippen LogP contribution in [0.4, 0.5) is 0 Å². The molecular formula is C11H12N2O2. The number of carbonyl (C=O) groups excluding carboxylic acids is 1. The van der Waals surface area contributed by atoms with Crippen molar-refractivity contribution in [1.29, 1.82) is 0 Å². The van der Waals surface area contributed by atoms with Gasteiger partial charge in [0, 0.05) is 12.4 Å². The SMILES string of the molecule is CCOC(=O)Cc1ccn2cnccc12. The van der Waals surface area contributed by atoms with Crippen LogP contribution in [0, 0.1) is 0 Å². The summed E-state index contributed by atoms with van der Waals surface area (Å²) in [5, 5.41) is 0. The zero-order chi connectivity index (χ0) is 10.7. The Bertz CT molecular complexity index is 476. The summed E-state index contributed by atoms with van der Waals surface area (Å²) in [7, 11) is 0. The standard InChI is InChI=1S/C11H12N2O2/c1-2-15-11(14)7-9-4-6-13-8-12-5-3-10(9)13/h3-6,8H,2,7H2,1H3. The third kappa shape index (κ3) is 1.98. The number of aromatic nitrogens is 2. The molecule has 2 aromatic heterocycles. The van der Waals surface area contributed by atoms with Crippen molar-refractivity contribution in [2.24, 2.45) is 0 Å². The van der Waals surface area contributed by atoms with Gasteiger partial charge in [-0.2, -0.15) is 0 Å². The second kappa shape index (κ2) is 4.13. The Morgan fingerprint density at radius 2 is 2.40 bits per heavy atom. The van der Waals surface area contributed by atoms with Crippen molar-refractivity contribution in [2.45, 2.75) is 13.3 Å². The summed E-state index contributed by atoms with van der Waals surface area (Å²) in [6.45, 7) is 2.23. The van der Waals surface area contributed by atoms with Crippen molar-refractivity contribution in [1.82, 2.24) is 9.38 Å². The Labute approximate surface area is 87.5 Å². The number of carbonyl (C=O) groups is 1. The Kier molecular flexibility index (Phi) is 2.67. The number of fused-ring (bicyclic) bond motifs is 1. The highest BCUT2D eigenvalue weighted by molar-refractivity contribution is 5.76. The topological polar surface area (TPSA) is 43.6 Å². The molecule has 0 aliphatic rings. The fourth-order valence-electron chi connectivity index (χ4n) is 1.54. The molecule has 0 aromatic carbocycles. The fraction of sp³-hybridized carbons (Fsp3) is 0.273. The molecule has 0 fully saturated rings. The molecule has 2 rings (SSSR count). The van der Waals surface area contributed by atoms with Crippen molar-refractivity contribution in [3.05, 3.63) is 36.4 Å². The van der Waals surface area contributed by atoms with E-state index in [1.54, 1.807) is 19.4 Å². The van der Waals surface area contributed by atoms with Crippen molar-refractivity contribution in [3.63, 3.8) is 0 Å². The second-order valence-corrected chi connectivity index (χ2v) is 3.20. The van der Waals surface area contributed by atoms with Gasteiger partial charge in [-0.25, -0.2) is 4.98 Å². The smallest absolute Gasteiger partial charge is 0.310 e. The lowest BCUT2D eigenvalue weighted by Gasteiger charge is -2.00. The van der Waals surface area contributed by atoms with Crippen LogP contribution in [0.15, 0.2) is 30.9 Å². The molecule has 0 N–H and O–H groups in total. The van der Waals surface area contributed by atoms with E-state index in [0.717, 1.165) is 11.1 Å². The minimum absolute atomic E-state index is 0.192. The Hall–Kier alpha value is -1.84. The van der Waals surface area contributed by atoms with Crippen LogP contribution in [-0.4, -0.2) is 22.0 Å². The molecule has 0 bridgehead atoms. The van der Waals surface area contributed by atoms with Crippen LogP contribution in [0.2, 0.25) is 0 Å². The van der Waals surface area contributed by atoms with E-state index in [1.165, 1.54) is 0 Å². The molecular weight excluding hydrogens is 192 g/mol. The molecule has 0 unspecified atom stereocenters. The first kappa shape index (κ1) is 9.71. The average molecular weight is 204 g/mol. The Morgan fingerprint density at radius 1 is 1.53 bits per heavy atom. The molecule has 4 heteroatoms. The summed E-state index contributed by atoms with van der Waals surface area (Å²) in [5.41, 5.74) is 1.97. The van der Waals surface area contributed by atoms with E-state index in [-0.39, 0.29) is 5.97 Å². The molecule has 2 heterocycles. The molecule has 0 radical (unpaired) electrons. The van der Waals surface area contributed by atoms with Crippen molar-refractivity contribution in [3.8, 4) is 0 Å². The molecule has 0 saturated carbocycles. The number of nitrogens with zero attached hydrogens (tertiary/aromatic N) is 2. The van der Waals surface area contributed by atoms with E-state index < -0.39 is 0 Å². The highest BCUT2D eigenvalue weighted by Crippen LogP contribution is 2.12. The average Bonchev–Trinajstić information content (AvgIpc) is 2.62. The maximum atomic E-state index is 11.3. The fourth-order valence-corrected chi connectivity index (χ4v) is 1.54. The van der Waals surface area contributed by atoms with Crippen LogP contribution in [0.25, 0.3) is 5.52 Å². The zero-order valence-corrected chi connectivity index (χ0v) is 8.51. The van der Waals surface area contributed by atoms with E-state index in [0.29, 0.717) is 13.0 Å². The highest BCUT2D eigenvalue weighted by atomic mass is 16.5. The van der Waals surface area contributed by atoms with E-state index in [1.807, 2.05) is 22.7 Å². The van der Waals surface area contributed by atoms with Gasteiger partial charge in [0.05, 0.1) is 24.9 Å². The summed E-state index contributed by atoms with van der Waals surface area (Å²) in [4.78, 5) is 15.3. The minimum atomic E-state index is -0.192. The van der Waals surface area contributed by atoms with Gasteiger partial charge in [-0.3, -0.25) is 4.79 Å². The summed E-state index contributed by atoms with van der Waals surface area (Å²) in [6, 6.07) is 3.79. The Balaban J connectivity index is 2.25. The molecule has 0 atom stereocenters. The van der Waals surface area contributed by atoms with Crippen LogP contribution in [0.3, 0.4) is 0 Å². The van der Waals surface area contributed by atoms with E-state index >= 15 is 0 Å².